The number of carboxylic acids is 1. The summed E-state index contributed by atoms with van der Waals surface area (Å²) in [6.07, 6.45) is 1.39. The minimum atomic E-state index is -0.944. The van der Waals surface area contributed by atoms with Gasteiger partial charge in [0.25, 0.3) is 0 Å². The van der Waals surface area contributed by atoms with E-state index in [0.717, 1.165) is 22.2 Å². The Hall–Kier alpha value is -2.01. The molecule has 0 bridgehead atoms. The number of anilines is 1. The number of fused-ring (bicyclic) bond motifs is 1. The average molecular weight is 262 g/mol. The molecular formula is C14H18N2O3. The number of hydrogen-bond acceptors (Lipinski definition) is 3. The van der Waals surface area contributed by atoms with E-state index in [1.165, 1.54) is 7.11 Å². The maximum atomic E-state index is 11.0. The van der Waals surface area contributed by atoms with Gasteiger partial charge in [-0.2, -0.15) is 0 Å². The van der Waals surface area contributed by atoms with Gasteiger partial charge in [-0.25, -0.2) is 4.79 Å². The smallest absolute Gasteiger partial charge is 0.333 e. The molecular weight excluding hydrogens is 244 g/mol. The largest absolute Gasteiger partial charge is 0.479 e. The molecule has 0 aliphatic heterocycles. The van der Waals surface area contributed by atoms with Crippen LogP contribution in [-0.4, -0.2) is 43.4 Å². The third-order valence-electron chi connectivity index (χ3n) is 3.23. The molecule has 2 aromatic rings. The first-order chi connectivity index (χ1) is 9.04. The van der Waals surface area contributed by atoms with Gasteiger partial charge in [-0.05, 0) is 11.6 Å². The quantitative estimate of drug-likeness (QED) is 0.863. The molecule has 0 unspecified atom stereocenters. The minimum absolute atomic E-state index is 0.350. The Kier molecular flexibility index (Phi) is 3.76. The summed E-state index contributed by atoms with van der Waals surface area (Å²) in [4.78, 5) is 16.3. The number of ether oxygens (including phenoxy) is 1. The summed E-state index contributed by atoms with van der Waals surface area (Å²) in [7, 11) is 5.37. The second-order valence-electron chi connectivity index (χ2n) is 4.67. The normalized spacial score (nSPS) is 12.6. The number of nitrogens with zero attached hydrogens (tertiary/aromatic N) is 1. The summed E-state index contributed by atoms with van der Waals surface area (Å²) >= 11 is 0. The number of aliphatic carboxylic acids is 1. The number of nitrogens with one attached hydrogen (secondary N) is 1. The number of para-hydroxylation sites is 1. The first-order valence-electron chi connectivity index (χ1n) is 6.06. The molecule has 0 amide bonds. The molecule has 2 rings (SSSR count). The first-order valence-corrected chi connectivity index (χ1v) is 6.06. The Morgan fingerprint density at radius 3 is 2.79 bits per heavy atom. The van der Waals surface area contributed by atoms with Gasteiger partial charge in [0.05, 0.1) is 11.2 Å². The Balaban J connectivity index is 2.41. The van der Waals surface area contributed by atoms with E-state index in [2.05, 4.69) is 4.98 Å². The van der Waals surface area contributed by atoms with E-state index >= 15 is 0 Å². The zero-order valence-electron chi connectivity index (χ0n) is 11.3. The molecule has 0 spiro atoms. The standard InChI is InChI=1S/C14H18N2O3/c1-16(2)11-6-4-5-10-9(8-15-13(10)11)7-12(19-3)14(17)18/h4-6,8,12,15H,7H2,1-3H3,(H,17,18)/t12-/m0/s1. The highest BCUT2D eigenvalue weighted by molar-refractivity contribution is 5.94. The fourth-order valence-corrected chi connectivity index (χ4v) is 2.21. The Morgan fingerprint density at radius 2 is 2.21 bits per heavy atom. The lowest BCUT2D eigenvalue weighted by atomic mass is 10.1. The fourth-order valence-electron chi connectivity index (χ4n) is 2.21. The highest BCUT2D eigenvalue weighted by atomic mass is 16.5. The number of carbonyl (C=O) groups is 1. The van der Waals surface area contributed by atoms with E-state index in [4.69, 9.17) is 9.84 Å². The molecule has 1 aromatic carbocycles. The molecule has 2 N–H and O–H groups in total. The number of rotatable bonds is 5. The maximum absolute atomic E-state index is 11.0. The topological polar surface area (TPSA) is 65.6 Å². The van der Waals surface area contributed by atoms with Crippen molar-refractivity contribution in [3.05, 3.63) is 30.0 Å². The molecule has 1 heterocycles. The maximum Gasteiger partial charge on any atom is 0.333 e. The van der Waals surface area contributed by atoms with Crippen molar-refractivity contribution >= 4 is 22.6 Å². The van der Waals surface area contributed by atoms with Gasteiger partial charge >= 0.3 is 5.97 Å². The van der Waals surface area contributed by atoms with Gasteiger partial charge in [0.15, 0.2) is 6.10 Å². The number of carboxylic acid groups (broad SMARTS) is 1. The zero-order valence-corrected chi connectivity index (χ0v) is 11.3. The SMILES string of the molecule is CO[C@@H](Cc1c[nH]c2c(N(C)C)cccc12)C(=O)O. The van der Waals surface area contributed by atoms with Gasteiger partial charge in [-0.1, -0.05) is 12.1 Å². The highest BCUT2D eigenvalue weighted by Crippen LogP contribution is 2.27. The van der Waals surface area contributed by atoms with E-state index in [1.54, 1.807) is 0 Å². The van der Waals surface area contributed by atoms with Gasteiger partial charge in [0, 0.05) is 39.2 Å². The van der Waals surface area contributed by atoms with Crippen molar-refractivity contribution in [1.82, 2.24) is 4.98 Å². The molecule has 5 heteroatoms. The summed E-state index contributed by atoms with van der Waals surface area (Å²) in [5.41, 5.74) is 3.05. The van der Waals surface area contributed by atoms with E-state index < -0.39 is 12.1 Å². The summed E-state index contributed by atoms with van der Waals surface area (Å²) in [6, 6.07) is 5.98. The van der Waals surface area contributed by atoms with Crippen molar-refractivity contribution < 1.29 is 14.6 Å². The van der Waals surface area contributed by atoms with Gasteiger partial charge in [0.2, 0.25) is 0 Å². The lowest BCUT2D eigenvalue weighted by Crippen LogP contribution is -2.24. The van der Waals surface area contributed by atoms with Crippen molar-refractivity contribution in [2.75, 3.05) is 26.1 Å². The van der Waals surface area contributed by atoms with Crippen LogP contribution in [0.1, 0.15) is 5.56 Å². The summed E-state index contributed by atoms with van der Waals surface area (Å²) in [6.45, 7) is 0. The Labute approximate surface area is 111 Å². The Morgan fingerprint density at radius 1 is 1.47 bits per heavy atom. The van der Waals surface area contributed by atoms with Crippen LogP contribution in [0.4, 0.5) is 5.69 Å². The number of hydrogen-bond donors (Lipinski definition) is 2. The van der Waals surface area contributed by atoms with Crippen LogP contribution >= 0.6 is 0 Å². The van der Waals surface area contributed by atoms with Crippen LogP contribution in [0.5, 0.6) is 0 Å². The van der Waals surface area contributed by atoms with Crippen molar-refractivity contribution in [3.63, 3.8) is 0 Å². The van der Waals surface area contributed by atoms with Crippen LogP contribution in [0.15, 0.2) is 24.4 Å². The number of aromatic amines is 1. The molecule has 102 valence electrons. The second-order valence-corrected chi connectivity index (χ2v) is 4.67. The molecule has 0 saturated heterocycles. The van der Waals surface area contributed by atoms with Crippen LogP contribution in [0.2, 0.25) is 0 Å². The number of aromatic nitrogens is 1. The number of benzene rings is 1. The van der Waals surface area contributed by atoms with Gasteiger partial charge < -0.3 is 19.7 Å². The number of methoxy groups -OCH3 is 1. The van der Waals surface area contributed by atoms with Crippen LogP contribution < -0.4 is 4.90 Å². The fraction of sp³-hybridized carbons (Fsp3) is 0.357. The van der Waals surface area contributed by atoms with E-state index in [0.29, 0.717) is 6.42 Å². The lowest BCUT2D eigenvalue weighted by Gasteiger charge is -2.14. The molecule has 1 atom stereocenters. The molecule has 19 heavy (non-hydrogen) atoms. The van der Waals surface area contributed by atoms with E-state index in [9.17, 15) is 4.79 Å². The van der Waals surface area contributed by atoms with Gasteiger partial charge in [-0.15, -0.1) is 0 Å². The summed E-state index contributed by atoms with van der Waals surface area (Å²) in [5, 5.41) is 10.1. The predicted molar refractivity (Wildman–Crippen MR) is 74.8 cm³/mol. The van der Waals surface area contributed by atoms with Crippen LogP contribution in [0.3, 0.4) is 0 Å². The van der Waals surface area contributed by atoms with Crippen LogP contribution in [0, 0.1) is 0 Å². The minimum Gasteiger partial charge on any atom is -0.479 e. The number of H-pyrrole nitrogens is 1. The van der Waals surface area contributed by atoms with Crippen LogP contribution in [-0.2, 0) is 16.0 Å². The Bertz CT molecular complexity index is 589. The lowest BCUT2D eigenvalue weighted by molar-refractivity contribution is -0.148. The van der Waals surface area contributed by atoms with Gasteiger partial charge in [0.1, 0.15) is 0 Å². The van der Waals surface area contributed by atoms with Crippen molar-refractivity contribution in [2.24, 2.45) is 0 Å². The molecule has 5 nitrogen and oxygen atoms in total. The zero-order chi connectivity index (χ0) is 14.0. The molecule has 0 radical (unpaired) electrons. The highest BCUT2D eigenvalue weighted by Gasteiger charge is 2.19. The van der Waals surface area contributed by atoms with Crippen molar-refractivity contribution in [3.8, 4) is 0 Å². The van der Waals surface area contributed by atoms with Crippen LogP contribution in [0.25, 0.3) is 10.9 Å². The van der Waals surface area contributed by atoms with E-state index in [1.807, 2.05) is 43.4 Å². The molecule has 0 aliphatic carbocycles. The first kappa shape index (κ1) is 13.4. The summed E-state index contributed by atoms with van der Waals surface area (Å²) in [5.74, 6) is -0.944. The molecule has 0 saturated carbocycles. The summed E-state index contributed by atoms with van der Waals surface area (Å²) < 4.78 is 4.99. The monoisotopic (exact) mass is 262 g/mol. The average Bonchev–Trinajstić information content (AvgIpc) is 2.78. The van der Waals surface area contributed by atoms with Crippen molar-refractivity contribution in [1.29, 1.82) is 0 Å². The molecule has 1 aromatic heterocycles. The third-order valence-corrected chi connectivity index (χ3v) is 3.23. The van der Waals surface area contributed by atoms with Crippen molar-refractivity contribution in [2.45, 2.75) is 12.5 Å². The third kappa shape index (κ3) is 2.56. The van der Waals surface area contributed by atoms with Gasteiger partial charge in [-0.3, -0.25) is 0 Å². The molecule has 0 aliphatic rings. The van der Waals surface area contributed by atoms with E-state index in [-0.39, 0.29) is 0 Å². The predicted octanol–water partition coefficient (Wildman–Crippen LogP) is 1.88. The molecule has 0 fully saturated rings. The second kappa shape index (κ2) is 5.32.